The summed E-state index contributed by atoms with van der Waals surface area (Å²) in [5.74, 6) is -0.793. The SMILES string of the molecule is CC(C)Oc1cc2c(C(=O)OC(N)=O)c(-c3ccc(F)cc3)oc2cc1NCC1CCCO1. The molecule has 0 aliphatic carbocycles. The number of esters is 1. The number of hydrogen-bond acceptors (Lipinski definition) is 7. The van der Waals surface area contributed by atoms with Crippen molar-refractivity contribution in [1.29, 1.82) is 0 Å². The number of carbonyl (C=O) groups excluding carboxylic acids is 2. The number of anilines is 1. The van der Waals surface area contributed by atoms with Gasteiger partial charge in [-0.1, -0.05) is 0 Å². The third-order valence-electron chi connectivity index (χ3n) is 5.20. The van der Waals surface area contributed by atoms with E-state index in [1.807, 2.05) is 13.8 Å². The van der Waals surface area contributed by atoms with Crippen LogP contribution in [0.5, 0.6) is 5.75 Å². The summed E-state index contributed by atoms with van der Waals surface area (Å²) < 4.78 is 35.8. The second kappa shape index (κ2) is 9.50. The molecule has 2 aromatic carbocycles. The van der Waals surface area contributed by atoms with Crippen molar-refractivity contribution in [3.05, 3.63) is 47.8 Å². The quantitative estimate of drug-likeness (QED) is 0.386. The molecule has 8 nitrogen and oxygen atoms in total. The molecule has 9 heteroatoms. The van der Waals surface area contributed by atoms with Crippen LogP contribution in [0.4, 0.5) is 14.9 Å². The molecule has 33 heavy (non-hydrogen) atoms. The minimum absolute atomic E-state index is 0.00492. The fraction of sp³-hybridized carbons (Fsp3) is 0.333. The molecule has 1 saturated heterocycles. The van der Waals surface area contributed by atoms with Crippen molar-refractivity contribution < 1.29 is 32.6 Å². The third-order valence-corrected chi connectivity index (χ3v) is 5.20. The molecule has 0 spiro atoms. The molecule has 1 aliphatic rings. The van der Waals surface area contributed by atoms with Crippen LogP contribution in [-0.2, 0) is 9.47 Å². The highest BCUT2D eigenvalue weighted by molar-refractivity contribution is 6.12. The molecule has 174 valence electrons. The number of fused-ring (bicyclic) bond motifs is 1. The first kappa shape index (κ1) is 22.6. The number of rotatable bonds is 7. The van der Waals surface area contributed by atoms with Crippen LogP contribution in [0.15, 0.2) is 40.8 Å². The van der Waals surface area contributed by atoms with Crippen molar-refractivity contribution in [2.75, 3.05) is 18.5 Å². The summed E-state index contributed by atoms with van der Waals surface area (Å²) in [5.41, 5.74) is 6.52. The zero-order valence-electron chi connectivity index (χ0n) is 18.4. The molecule has 0 radical (unpaired) electrons. The van der Waals surface area contributed by atoms with Gasteiger partial charge in [-0.05, 0) is 57.0 Å². The summed E-state index contributed by atoms with van der Waals surface area (Å²) in [5, 5.41) is 3.71. The van der Waals surface area contributed by atoms with Gasteiger partial charge >= 0.3 is 12.1 Å². The Morgan fingerprint density at radius 3 is 2.64 bits per heavy atom. The van der Waals surface area contributed by atoms with E-state index in [0.717, 1.165) is 19.4 Å². The number of nitrogens with two attached hydrogens (primary N) is 1. The average molecular weight is 456 g/mol. The van der Waals surface area contributed by atoms with Gasteiger partial charge in [-0.15, -0.1) is 0 Å². The molecular weight excluding hydrogens is 431 g/mol. The van der Waals surface area contributed by atoms with Crippen molar-refractivity contribution in [1.82, 2.24) is 0 Å². The van der Waals surface area contributed by atoms with E-state index < -0.39 is 17.9 Å². The smallest absolute Gasteiger partial charge is 0.412 e. The maximum absolute atomic E-state index is 13.5. The number of primary amides is 1. The van der Waals surface area contributed by atoms with Crippen LogP contribution in [0.2, 0.25) is 0 Å². The molecule has 1 aromatic heterocycles. The fourth-order valence-electron chi connectivity index (χ4n) is 3.79. The molecule has 4 rings (SSSR count). The number of furan rings is 1. The molecule has 0 saturated carbocycles. The molecule has 3 aromatic rings. The summed E-state index contributed by atoms with van der Waals surface area (Å²) in [6.07, 6.45) is 0.697. The number of ether oxygens (including phenoxy) is 3. The van der Waals surface area contributed by atoms with Crippen molar-refractivity contribution in [3.63, 3.8) is 0 Å². The maximum Gasteiger partial charge on any atom is 0.412 e. The van der Waals surface area contributed by atoms with Crippen LogP contribution >= 0.6 is 0 Å². The maximum atomic E-state index is 13.5. The van der Waals surface area contributed by atoms with Crippen molar-refractivity contribution >= 4 is 28.7 Å². The molecular formula is C24H25FN2O6. The number of carbonyl (C=O) groups is 2. The van der Waals surface area contributed by atoms with Crippen molar-refractivity contribution in [2.45, 2.75) is 38.9 Å². The van der Waals surface area contributed by atoms with Gasteiger partial charge in [0.15, 0.2) is 0 Å². The Morgan fingerprint density at radius 1 is 1.24 bits per heavy atom. The Hall–Kier alpha value is -3.59. The van der Waals surface area contributed by atoms with Gasteiger partial charge in [0.2, 0.25) is 0 Å². The molecule has 2 heterocycles. The van der Waals surface area contributed by atoms with Gasteiger partial charge in [-0.3, -0.25) is 0 Å². The van der Waals surface area contributed by atoms with E-state index in [-0.39, 0.29) is 23.5 Å². The van der Waals surface area contributed by atoms with E-state index in [9.17, 15) is 14.0 Å². The zero-order valence-corrected chi connectivity index (χ0v) is 18.4. The minimum Gasteiger partial charge on any atom is -0.489 e. The van der Waals surface area contributed by atoms with E-state index in [0.29, 0.717) is 34.5 Å². The average Bonchev–Trinajstić information content (AvgIpc) is 3.39. The first-order valence-corrected chi connectivity index (χ1v) is 10.7. The van der Waals surface area contributed by atoms with Crippen LogP contribution in [0.1, 0.15) is 37.0 Å². The number of nitrogens with one attached hydrogen (secondary N) is 1. The fourth-order valence-corrected chi connectivity index (χ4v) is 3.79. The van der Waals surface area contributed by atoms with Crippen LogP contribution in [0.3, 0.4) is 0 Å². The Labute approximate surface area is 189 Å². The van der Waals surface area contributed by atoms with E-state index >= 15 is 0 Å². The largest absolute Gasteiger partial charge is 0.489 e. The lowest BCUT2D eigenvalue weighted by Crippen LogP contribution is -2.19. The topological polar surface area (TPSA) is 113 Å². The Morgan fingerprint density at radius 2 is 2.00 bits per heavy atom. The highest BCUT2D eigenvalue weighted by Gasteiger charge is 2.27. The van der Waals surface area contributed by atoms with E-state index in [2.05, 4.69) is 10.1 Å². The van der Waals surface area contributed by atoms with Crippen molar-refractivity contribution in [2.24, 2.45) is 5.73 Å². The summed E-state index contributed by atoms with van der Waals surface area (Å²) in [6.45, 7) is 5.10. The van der Waals surface area contributed by atoms with Crippen LogP contribution in [0.25, 0.3) is 22.3 Å². The normalized spacial score (nSPS) is 15.7. The van der Waals surface area contributed by atoms with Gasteiger partial charge in [0, 0.05) is 30.2 Å². The van der Waals surface area contributed by atoms with Crippen LogP contribution in [-0.4, -0.2) is 37.4 Å². The van der Waals surface area contributed by atoms with Gasteiger partial charge in [-0.2, -0.15) is 0 Å². The van der Waals surface area contributed by atoms with E-state index in [1.54, 1.807) is 12.1 Å². The van der Waals surface area contributed by atoms with Gasteiger partial charge in [0.25, 0.3) is 0 Å². The lowest BCUT2D eigenvalue weighted by atomic mass is 10.0. The van der Waals surface area contributed by atoms with Gasteiger partial charge < -0.3 is 29.7 Å². The van der Waals surface area contributed by atoms with E-state index in [4.69, 9.17) is 19.6 Å². The number of benzene rings is 2. The summed E-state index contributed by atoms with van der Waals surface area (Å²) in [4.78, 5) is 24.0. The van der Waals surface area contributed by atoms with E-state index in [1.165, 1.54) is 24.3 Å². The number of hydrogen-bond donors (Lipinski definition) is 2. The second-order valence-electron chi connectivity index (χ2n) is 8.05. The van der Waals surface area contributed by atoms with Crippen molar-refractivity contribution in [3.8, 4) is 17.1 Å². The zero-order chi connectivity index (χ0) is 23.5. The first-order valence-electron chi connectivity index (χ1n) is 10.7. The van der Waals surface area contributed by atoms with Crippen LogP contribution < -0.4 is 15.8 Å². The van der Waals surface area contributed by atoms with Gasteiger partial charge in [0.1, 0.15) is 28.5 Å². The highest BCUT2D eigenvalue weighted by Crippen LogP contribution is 2.40. The minimum atomic E-state index is -1.24. The Bertz CT molecular complexity index is 1170. The van der Waals surface area contributed by atoms with Crippen LogP contribution in [0, 0.1) is 5.82 Å². The lowest BCUT2D eigenvalue weighted by molar-refractivity contribution is 0.0640. The number of halogens is 1. The van der Waals surface area contributed by atoms with Gasteiger partial charge in [-0.25, -0.2) is 14.0 Å². The first-order chi connectivity index (χ1) is 15.8. The summed E-state index contributed by atoms with van der Waals surface area (Å²) in [7, 11) is 0. The number of amides is 1. The predicted octanol–water partition coefficient (Wildman–Crippen LogP) is 4.85. The predicted molar refractivity (Wildman–Crippen MR) is 120 cm³/mol. The second-order valence-corrected chi connectivity index (χ2v) is 8.05. The molecule has 1 unspecified atom stereocenters. The molecule has 1 aliphatic heterocycles. The van der Waals surface area contributed by atoms with Gasteiger partial charge in [0.05, 0.1) is 17.9 Å². The highest BCUT2D eigenvalue weighted by atomic mass is 19.1. The monoisotopic (exact) mass is 456 g/mol. The molecule has 3 N–H and O–H groups in total. The Kier molecular flexibility index (Phi) is 6.50. The molecule has 0 bridgehead atoms. The molecule has 1 atom stereocenters. The molecule has 1 fully saturated rings. The standard InChI is InChI=1S/C24H25FN2O6/c1-13(2)31-20-10-17-19(11-18(20)27-12-16-4-3-9-30-16)32-22(14-5-7-15(25)8-6-14)21(17)23(28)33-24(26)29/h5-8,10-11,13,16,27H,3-4,9,12H2,1-2H3,(H2,26,29). The summed E-state index contributed by atoms with van der Waals surface area (Å²) >= 11 is 0. The molecule has 1 amide bonds. The third kappa shape index (κ3) is 5.09. The Balaban J connectivity index is 1.83. The summed E-state index contributed by atoms with van der Waals surface area (Å²) in [6, 6.07) is 8.80. The lowest BCUT2D eigenvalue weighted by Gasteiger charge is -2.17.